The molecule has 1 atom stereocenters. The Morgan fingerprint density at radius 1 is 1.50 bits per heavy atom. The molecule has 1 N–H and O–H groups in total. The number of carbonyl (C=O) groups is 1. The minimum Gasteiger partial charge on any atom is -0.480 e. The van der Waals surface area contributed by atoms with Gasteiger partial charge >= 0.3 is 5.97 Å². The van der Waals surface area contributed by atoms with Gasteiger partial charge in [0, 0.05) is 24.3 Å². The average molecular weight is 253 g/mol. The standard InChI is InChI=1S/C13H23N3O2/c1-6-7-16(8-12(17)18)11(4)13-9(2)14-15(5)10(13)3/h11H,6-8H2,1-5H3,(H,17,18). The molecule has 0 spiro atoms. The first-order valence-corrected chi connectivity index (χ1v) is 6.34. The largest absolute Gasteiger partial charge is 0.480 e. The number of aliphatic carboxylic acids is 1. The summed E-state index contributed by atoms with van der Waals surface area (Å²) < 4.78 is 1.85. The summed E-state index contributed by atoms with van der Waals surface area (Å²) >= 11 is 0. The molecule has 0 aromatic carbocycles. The van der Waals surface area contributed by atoms with Gasteiger partial charge in [0.25, 0.3) is 0 Å². The highest BCUT2D eigenvalue weighted by atomic mass is 16.4. The van der Waals surface area contributed by atoms with Crippen molar-refractivity contribution in [3.05, 3.63) is 17.0 Å². The highest BCUT2D eigenvalue weighted by molar-refractivity contribution is 5.69. The van der Waals surface area contributed by atoms with Crippen molar-refractivity contribution in [3.8, 4) is 0 Å². The Bertz CT molecular complexity index is 426. The third-order valence-electron chi connectivity index (χ3n) is 3.38. The van der Waals surface area contributed by atoms with E-state index in [0.29, 0.717) is 0 Å². The van der Waals surface area contributed by atoms with Crippen LogP contribution in [0.1, 0.15) is 43.3 Å². The van der Waals surface area contributed by atoms with E-state index in [4.69, 9.17) is 5.11 Å². The highest BCUT2D eigenvalue weighted by Crippen LogP contribution is 2.26. The fourth-order valence-corrected chi connectivity index (χ4v) is 2.45. The van der Waals surface area contributed by atoms with Crippen molar-refractivity contribution in [1.29, 1.82) is 0 Å². The maximum absolute atomic E-state index is 10.9. The van der Waals surface area contributed by atoms with Gasteiger partial charge < -0.3 is 5.11 Å². The number of aromatic nitrogens is 2. The van der Waals surface area contributed by atoms with E-state index in [1.807, 2.05) is 30.5 Å². The molecule has 5 heteroatoms. The molecule has 5 nitrogen and oxygen atoms in total. The fourth-order valence-electron chi connectivity index (χ4n) is 2.45. The Morgan fingerprint density at radius 2 is 2.11 bits per heavy atom. The van der Waals surface area contributed by atoms with Crippen LogP contribution in [-0.4, -0.2) is 38.8 Å². The molecular weight excluding hydrogens is 230 g/mol. The maximum atomic E-state index is 10.9. The van der Waals surface area contributed by atoms with E-state index in [1.165, 1.54) is 0 Å². The Hall–Kier alpha value is -1.36. The number of nitrogens with zero attached hydrogens (tertiary/aromatic N) is 3. The van der Waals surface area contributed by atoms with E-state index in [-0.39, 0.29) is 12.6 Å². The summed E-state index contributed by atoms with van der Waals surface area (Å²) in [5.41, 5.74) is 3.23. The zero-order valence-electron chi connectivity index (χ0n) is 11.9. The second-order valence-electron chi connectivity index (χ2n) is 4.75. The molecule has 1 aromatic heterocycles. The quantitative estimate of drug-likeness (QED) is 0.841. The molecule has 1 aromatic rings. The third-order valence-corrected chi connectivity index (χ3v) is 3.38. The van der Waals surface area contributed by atoms with Gasteiger partial charge in [-0.15, -0.1) is 0 Å². The lowest BCUT2D eigenvalue weighted by atomic mass is 10.0. The smallest absolute Gasteiger partial charge is 0.317 e. The average Bonchev–Trinajstić information content (AvgIpc) is 2.51. The first-order chi connectivity index (χ1) is 8.38. The molecule has 0 aliphatic carbocycles. The molecule has 0 bridgehead atoms. The molecule has 0 saturated carbocycles. The van der Waals surface area contributed by atoms with Crippen LogP contribution in [0, 0.1) is 13.8 Å². The molecular formula is C13H23N3O2. The number of aryl methyl sites for hydroxylation is 2. The maximum Gasteiger partial charge on any atom is 0.317 e. The van der Waals surface area contributed by atoms with Crippen molar-refractivity contribution in [2.24, 2.45) is 7.05 Å². The zero-order valence-corrected chi connectivity index (χ0v) is 11.9. The van der Waals surface area contributed by atoms with Gasteiger partial charge in [0.05, 0.1) is 12.2 Å². The molecule has 0 fully saturated rings. The molecule has 0 aliphatic heterocycles. The number of rotatable bonds is 6. The summed E-state index contributed by atoms with van der Waals surface area (Å²) in [4.78, 5) is 12.9. The highest BCUT2D eigenvalue weighted by Gasteiger charge is 2.23. The molecule has 102 valence electrons. The van der Waals surface area contributed by atoms with E-state index < -0.39 is 5.97 Å². The van der Waals surface area contributed by atoms with Gasteiger partial charge in [-0.1, -0.05) is 6.92 Å². The van der Waals surface area contributed by atoms with Gasteiger partial charge in [0.15, 0.2) is 0 Å². The lowest BCUT2D eigenvalue weighted by Gasteiger charge is -2.27. The van der Waals surface area contributed by atoms with Gasteiger partial charge in [0.2, 0.25) is 0 Å². The van der Waals surface area contributed by atoms with Crippen LogP contribution in [0.4, 0.5) is 0 Å². The molecule has 1 rings (SSSR count). The summed E-state index contributed by atoms with van der Waals surface area (Å²) in [6.45, 7) is 8.96. The number of carboxylic acid groups (broad SMARTS) is 1. The first-order valence-electron chi connectivity index (χ1n) is 6.34. The molecule has 0 amide bonds. The second-order valence-corrected chi connectivity index (χ2v) is 4.75. The van der Waals surface area contributed by atoms with Crippen LogP contribution in [0.15, 0.2) is 0 Å². The minimum atomic E-state index is -0.783. The van der Waals surface area contributed by atoms with Gasteiger partial charge in [-0.2, -0.15) is 5.10 Å². The van der Waals surface area contributed by atoms with Crippen LogP contribution in [0.25, 0.3) is 0 Å². The predicted molar refractivity (Wildman–Crippen MR) is 70.6 cm³/mol. The molecule has 0 radical (unpaired) electrons. The Kier molecular flexibility index (Phi) is 4.90. The van der Waals surface area contributed by atoms with Crippen LogP contribution in [0.2, 0.25) is 0 Å². The summed E-state index contributed by atoms with van der Waals surface area (Å²) in [5.74, 6) is -0.783. The predicted octanol–water partition coefficient (Wildman–Crippen LogP) is 1.89. The molecule has 0 saturated heterocycles. The fraction of sp³-hybridized carbons (Fsp3) is 0.692. The van der Waals surface area contributed by atoms with Gasteiger partial charge in [-0.3, -0.25) is 14.4 Å². The minimum absolute atomic E-state index is 0.0722. The van der Waals surface area contributed by atoms with Crippen LogP contribution < -0.4 is 0 Å². The van der Waals surface area contributed by atoms with Crippen molar-refractivity contribution in [2.75, 3.05) is 13.1 Å². The summed E-state index contributed by atoms with van der Waals surface area (Å²) in [6, 6.07) is 0.0785. The lowest BCUT2D eigenvalue weighted by Crippen LogP contribution is -2.33. The third kappa shape index (κ3) is 3.10. The molecule has 1 heterocycles. The Balaban J connectivity index is 3.00. The van der Waals surface area contributed by atoms with Crippen molar-refractivity contribution < 1.29 is 9.90 Å². The van der Waals surface area contributed by atoms with E-state index in [0.717, 1.165) is 29.9 Å². The van der Waals surface area contributed by atoms with Crippen molar-refractivity contribution >= 4 is 5.97 Å². The molecule has 1 unspecified atom stereocenters. The van der Waals surface area contributed by atoms with Crippen molar-refractivity contribution in [3.63, 3.8) is 0 Å². The van der Waals surface area contributed by atoms with Gasteiger partial charge in [-0.25, -0.2) is 0 Å². The van der Waals surface area contributed by atoms with E-state index in [2.05, 4.69) is 18.9 Å². The first kappa shape index (κ1) is 14.7. The summed E-state index contributed by atoms with van der Waals surface area (Å²) in [6.07, 6.45) is 0.940. The zero-order chi connectivity index (χ0) is 13.9. The van der Waals surface area contributed by atoms with Crippen LogP contribution in [0.5, 0.6) is 0 Å². The lowest BCUT2D eigenvalue weighted by molar-refractivity contribution is -0.138. The topological polar surface area (TPSA) is 58.4 Å². The second kappa shape index (κ2) is 6.00. The SMILES string of the molecule is CCCN(CC(=O)O)C(C)c1c(C)nn(C)c1C. The number of hydrogen-bond acceptors (Lipinski definition) is 3. The molecule has 0 aliphatic rings. The van der Waals surface area contributed by atoms with Crippen LogP contribution in [-0.2, 0) is 11.8 Å². The number of carboxylic acids is 1. The number of hydrogen-bond donors (Lipinski definition) is 1. The Labute approximate surface area is 108 Å². The van der Waals surface area contributed by atoms with Crippen LogP contribution >= 0.6 is 0 Å². The Morgan fingerprint density at radius 3 is 2.50 bits per heavy atom. The summed E-state index contributed by atoms with van der Waals surface area (Å²) in [7, 11) is 1.92. The normalized spacial score (nSPS) is 13.0. The van der Waals surface area contributed by atoms with Gasteiger partial charge in [-0.05, 0) is 33.7 Å². The van der Waals surface area contributed by atoms with Crippen LogP contribution in [0.3, 0.4) is 0 Å². The van der Waals surface area contributed by atoms with Crippen molar-refractivity contribution in [1.82, 2.24) is 14.7 Å². The summed E-state index contributed by atoms with van der Waals surface area (Å²) in [5, 5.41) is 13.4. The van der Waals surface area contributed by atoms with Crippen molar-refractivity contribution in [2.45, 2.75) is 40.2 Å². The van der Waals surface area contributed by atoms with E-state index >= 15 is 0 Å². The monoisotopic (exact) mass is 253 g/mol. The molecule has 18 heavy (non-hydrogen) atoms. The van der Waals surface area contributed by atoms with E-state index in [1.54, 1.807) is 0 Å². The van der Waals surface area contributed by atoms with Gasteiger partial charge in [0.1, 0.15) is 0 Å². The van der Waals surface area contributed by atoms with E-state index in [9.17, 15) is 4.79 Å².